The van der Waals surface area contributed by atoms with Crippen LogP contribution in [0, 0.1) is 20.8 Å². The number of benzene rings is 1. The fourth-order valence-corrected chi connectivity index (χ4v) is 2.60. The number of nitrogens with one attached hydrogen (secondary N) is 1. The van der Waals surface area contributed by atoms with E-state index in [0.29, 0.717) is 5.56 Å². The van der Waals surface area contributed by atoms with Gasteiger partial charge in [0.05, 0.1) is 16.9 Å². The Balaban J connectivity index is 2.31. The highest BCUT2D eigenvalue weighted by molar-refractivity contribution is 9.10. The Bertz CT molecular complexity index is 646. The molecule has 0 bridgehead atoms. The summed E-state index contributed by atoms with van der Waals surface area (Å²) in [5.74, 6) is -0.132. The van der Waals surface area contributed by atoms with Crippen LogP contribution in [0.25, 0.3) is 0 Å². The molecule has 2 rings (SSSR count). The second kappa shape index (κ2) is 5.17. The quantitative estimate of drug-likeness (QED) is 0.921. The Kier molecular flexibility index (Phi) is 3.75. The van der Waals surface area contributed by atoms with E-state index in [9.17, 15) is 4.79 Å². The third-order valence-electron chi connectivity index (χ3n) is 3.11. The van der Waals surface area contributed by atoms with E-state index in [1.807, 2.05) is 46.0 Å². The lowest BCUT2D eigenvalue weighted by Crippen LogP contribution is -2.14. The molecule has 0 fully saturated rings. The van der Waals surface area contributed by atoms with Crippen molar-refractivity contribution < 1.29 is 4.79 Å². The minimum absolute atomic E-state index is 0.132. The summed E-state index contributed by atoms with van der Waals surface area (Å²) in [7, 11) is 1.83. The van der Waals surface area contributed by atoms with Crippen LogP contribution >= 0.6 is 15.9 Å². The number of halogens is 1. The van der Waals surface area contributed by atoms with Crippen LogP contribution in [0.15, 0.2) is 22.7 Å². The predicted molar refractivity (Wildman–Crippen MR) is 79.5 cm³/mol. The summed E-state index contributed by atoms with van der Waals surface area (Å²) in [5.41, 5.74) is 4.13. The van der Waals surface area contributed by atoms with Crippen LogP contribution in [0.3, 0.4) is 0 Å². The topological polar surface area (TPSA) is 46.9 Å². The first kappa shape index (κ1) is 13.8. The minimum Gasteiger partial charge on any atom is -0.321 e. The van der Waals surface area contributed by atoms with Gasteiger partial charge in [-0.1, -0.05) is 6.07 Å². The van der Waals surface area contributed by atoms with Gasteiger partial charge in [0.1, 0.15) is 0 Å². The number of aromatic nitrogens is 2. The molecule has 1 N–H and O–H groups in total. The third-order valence-corrected chi connectivity index (χ3v) is 3.76. The number of carbonyl (C=O) groups is 1. The molecular formula is C14H16BrN3O. The van der Waals surface area contributed by atoms with E-state index in [1.165, 1.54) is 0 Å². The predicted octanol–water partition coefficient (Wildman–Crippen LogP) is 3.36. The average molecular weight is 322 g/mol. The highest BCUT2D eigenvalue weighted by Gasteiger charge is 2.17. The molecule has 0 saturated heterocycles. The van der Waals surface area contributed by atoms with Crippen LogP contribution in [0.1, 0.15) is 27.3 Å². The van der Waals surface area contributed by atoms with Crippen LogP contribution in [-0.4, -0.2) is 15.7 Å². The highest BCUT2D eigenvalue weighted by atomic mass is 79.9. The van der Waals surface area contributed by atoms with Crippen molar-refractivity contribution in [3.05, 3.63) is 45.2 Å². The summed E-state index contributed by atoms with van der Waals surface area (Å²) < 4.78 is 2.59. The monoisotopic (exact) mass is 321 g/mol. The third kappa shape index (κ3) is 2.71. The molecule has 0 aliphatic rings. The van der Waals surface area contributed by atoms with Gasteiger partial charge in [0.25, 0.3) is 5.91 Å². The van der Waals surface area contributed by atoms with Gasteiger partial charge in [-0.2, -0.15) is 5.10 Å². The van der Waals surface area contributed by atoms with Crippen molar-refractivity contribution in [1.29, 1.82) is 0 Å². The van der Waals surface area contributed by atoms with Crippen LogP contribution < -0.4 is 5.32 Å². The van der Waals surface area contributed by atoms with Gasteiger partial charge in [0.2, 0.25) is 0 Å². The molecule has 0 spiro atoms. The number of carbonyl (C=O) groups excluding carboxylic acids is 1. The van der Waals surface area contributed by atoms with Crippen molar-refractivity contribution in [3.8, 4) is 0 Å². The van der Waals surface area contributed by atoms with Crippen molar-refractivity contribution in [1.82, 2.24) is 9.78 Å². The molecule has 1 heterocycles. The van der Waals surface area contributed by atoms with E-state index in [2.05, 4.69) is 26.3 Å². The Morgan fingerprint density at radius 3 is 2.53 bits per heavy atom. The van der Waals surface area contributed by atoms with Crippen molar-refractivity contribution in [2.75, 3.05) is 5.32 Å². The van der Waals surface area contributed by atoms with Crippen molar-refractivity contribution >= 4 is 27.5 Å². The van der Waals surface area contributed by atoms with Gasteiger partial charge in [-0.15, -0.1) is 0 Å². The maximum atomic E-state index is 12.3. The second-order valence-electron chi connectivity index (χ2n) is 4.61. The Morgan fingerprint density at radius 2 is 2.00 bits per heavy atom. The lowest BCUT2D eigenvalue weighted by Gasteiger charge is -2.08. The van der Waals surface area contributed by atoms with E-state index in [1.54, 1.807) is 4.68 Å². The standard InChI is InChI=1S/C14H16BrN3O/c1-8-5-6-12(11(15)7-8)16-14(19)13-9(2)17-18(4)10(13)3/h5-7H,1-4H3,(H,16,19). The summed E-state index contributed by atoms with van der Waals surface area (Å²) >= 11 is 3.45. The van der Waals surface area contributed by atoms with Gasteiger partial charge in [0, 0.05) is 17.2 Å². The van der Waals surface area contributed by atoms with E-state index in [4.69, 9.17) is 0 Å². The Hall–Kier alpha value is -1.62. The zero-order valence-electron chi connectivity index (χ0n) is 11.4. The number of nitrogens with zero attached hydrogens (tertiary/aromatic N) is 2. The first-order chi connectivity index (χ1) is 8.90. The molecule has 2 aromatic rings. The Morgan fingerprint density at radius 1 is 1.32 bits per heavy atom. The first-order valence-electron chi connectivity index (χ1n) is 5.98. The molecule has 0 atom stereocenters. The van der Waals surface area contributed by atoms with Crippen molar-refractivity contribution in [2.24, 2.45) is 7.05 Å². The summed E-state index contributed by atoms with van der Waals surface area (Å²) in [5, 5.41) is 7.16. The molecule has 19 heavy (non-hydrogen) atoms. The molecule has 5 heteroatoms. The lowest BCUT2D eigenvalue weighted by atomic mass is 10.1. The highest BCUT2D eigenvalue weighted by Crippen LogP contribution is 2.24. The molecule has 1 aromatic carbocycles. The van der Waals surface area contributed by atoms with Crippen LogP contribution in [0.2, 0.25) is 0 Å². The smallest absolute Gasteiger partial charge is 0.259 e. The van der Waals surface area contributed by atoms with Crippen LogP contribution in [-0.2, 0) is 7.05 Å². The van der Waals surface area contributed by atoms with E-state index in [0.717, 1.165) is 27.1 Å². The van der Waals surface area contributed by atoms with E-state index >= 15 is 0 Å². The van der Waals surface area contributed by atoms with E-state index in [-0.39, 0.29) is 5.91 Å². The number of aryl methyl sites for hydroxylation is 3. The maximum Gasteiger partial charge on any atom is 0.259 e. The van der Waals surface area contributed by atoms with Gasteiger partial charge in [-0.05, 0) is 54.4 Å². The average Bonchev–Trinajstić information content (AvgIpc) is 2.57. The SMILES string of the molecule is Cc1ccc(NC(=O)c2c(C)nn(C)c2C)c(Br)c1. The molecule has 0 aliphatic carbocycles. The van der Waals surface area contributed by atoms with E-state index < -0.39 is 0 Å². The molecule has 0 radical (unpaired) electrons. The number of hydrogen-bond donors (Lipinski definition) is 1. The summed E-state index contributed by atoms with van der Waals surface area (Å²) in [6.45, 7) is 5.73. The second-order valence-corrected chi connectivity index (χ2v) is 5.46. The minimum atomic E-state index is -0.132. The largest absolute Gasteiger partial charge is 0.321 e. The molecule has 1 amide bonds. The number of rotatable bonds is 2. The molecule has 0 unspecified atom stereocenters. The molecule has 4 nitrogen and oxygen atoms in total. The molecular weight excluding hydrogens is 306 g/mol. The summed E-state index contributed by atoms with van der Waals surface area (Å²) in [6, 6.07) is 5.82. The van der Waals surface area contributed by atoms with Crippen molar-refractivity contribution in [3.63, 3.8) is 0 Å². The zero-order valence-corrected chi connectivity index (χ0v) is 13.0. The zero-order chi connectivity index (χ0) is 14.2. The maximum absolute atomic E-state index is 12.3. The fourth-order valence-electron chi connectivity index (χ4n) is 2.01. The molecule has 100 valence electrons. The van der Waals surface area contributed by atoms with Gasteiger partial charge in [0.15, 0.2) is 0 Å². The molecule has 0 saturated carbocycles. The lowest BCUT2D eigenvalue weighted by molar-refractivity contribution is 0.102. The Labute approximate surface area is 120 Å². The normalized spacial score (nSPS) is 10.6. The van der Waals surface area contributed by atoms with Gasteiger partial charge < -0.3 is 5.32 Å². The van der Waals surface area contributed by atoms with Crippen LogP contribution in [0.5, 0.6) is 0 Å². The molecule has 1 aromatic heterocycles. The van der Waals surface area contributed by atoms with Gasteiger partial charge in [-0.25, -0.2) is 0 Å². The van der Waals surface area contributed by atoms with Crippen LogP contribution in [0.4, 0.5) is 5.69 Å². The fraction of sp³-hybridized carbons (Fsp3) is 0.286. The number of hydrogen-bond acceptors (Lipinski definition) is 2. The first-order valence-corrected chi connectivity index (χ1v) is 6.77. The summed E-state index contributed by atoms with van der Waals surface area (Å²) in [6.07, 6.45) is 0. The number of anilines is 1. The molecule has 0 aliphatic heterocycles. The number of amides is 1. The van der Waals surface area contributed by atoms with Gasteiger partial charge in [-0.3, -0.25) is 9.48 Å². The van der Waals surface area contributed by atoms with Gasteiger partial charge >= 0.3 is 0 Å². The summed E-state index contributed by atoms with van der Waals surface area (Å²) in [4.78, 5) is 12.3. The van der Waals surface area contributed by atoms with Crippen molar-refractivity contribution in [2.45, 2.75) is 20.8 Å².